The van der Waals surface area contributed by atoms with E-state index in [-0.39, 0.29) is 12.5 Å². The van der Waals surface area contributed by atoms with Gasteiger partial charge in [0.1, 0.15) is 0 Å². The molecule has 0 aromatic carbocycles. The summed E-state index contributed by atoms with van der Waals surface area (Å²) in [7, 11) is 4.08. The first-order valence-electron chi connectivity index (χ1n) is 7.85. The maximum Gasteiger partial charge on any atom is 0.317 e. The lowest BCUT2D eigenvalue weighted by molar-refractivity contribution is -0.137. The number of carboxylic acids is 1. The Bertz CT molecular complexity index is 347. The van der Waals surface area contributed by atoms with E-state index in [0.717, 1.165) is 32.4 Å². The van der Waals surface area contributed by atoms with E-state index >= 15 is 0 Å². The summed E-state index contributed by atoms with van der Waals surface area (Å²) < 4.78 is 0. The van der Waals surface area contributed by atoms with E-state index < -0.39 is 5.97 Å². The van der Waals surface area contributed by atoms with Crippen molar-refractivity contribution in [1.29, 1.82) is 0 Å². The Morgan fingerprint density at radius 1 is 1.38 bits per heavy atom. The lowest BCUT2D eigenvalue weighted by Crippen LogP contribution is -2.41. The van der Waals surface area contributed by atoms with Gasteiger partial charge in [-0.15, -0.1) is 0 Å². The fourth-order valence-electron chi connectivity index (χ4n) is 2.72. The molecule has 1 fully saturated rings. The molecule has 2 unspecified atom stereocenters. The van der Waals surface area contributed by atoms with Gasteiger partial charge >= 0.3 is 12.0 Å². The Morgan fingerprint density at radius 3 is 2.62 bits per heavy atom. The van der Waals surface area contributed by atoms with Crippen LogP contribution in [0.15, 0.2) is 0 Å². The number of nitrogens with one attached hydrogen (secondary N) is 1. The van der Waals surface area contributed by atoms with E-state index in [1.165, 1.54) is 0 Å². The van der Waals surface area contributed by atoms with Gasteiger partial charge in [-0.1, -0.05) is 13.3 Å². The predicted molar refractivity (Wildman–Crippen MR) is 82.3 cm³/mol. The third kappa shape index (κ3) is 6.33. The number of carbonyl (C=O) groups excluding carboxylic acids is 1. The van der Waals surface area contributed by atoms with Crippen LogP contribution in [0, 0.1) is 5.92 Å². The van der Waals surface area contributed by atoms with Gasteiger partial charge in [0.05, 0.1) is 0 Å². The monoisotopic (exact) mass is 299 g/mol. The Kier molecular flexibility index (Phi) is 7.50. The van der Waals surface area contributed by atoms with Crippen molar-refractivity contribution in [2.45, 2.75) is 45.1 Å². The summed E-state index contributed by atoms with van der Waals surface area (Å²) >= 11 is 0. The predicted octanol–water partition coefficient (Wildman–Crippen LogP) is 1.61. The smallest absolute Gasteiger partial charge is 0.317 e. The molecule has 1 aliphatic heterocycles. The molecule has 2 atom stereocenters. The van der Waals surface area contributed by atoms with Gasteiger partial charge in [-0.05, 0) is 39.3 Å². The van der Waals surface area contributed by atoms with Crippen molar-refractivity contribution in [3.8, 4) is 0 Å². The van der Waals surface area contributed by atoms with Crippen LogP contribution in [0.4, 0.5) is 4.79 Å². The minimum absolute atomic E-state index is 0.00689. The van der Waals surface area contributed by atoms with Crippen molar-refractivity contribution in [3.05, 3.63) is 0 Å². The highest BCUT2D eigenvalue weighted by molar-refractivity contribution is 5.74. The molecule has 0 saturated carbocycles. The molecule has 1 aliphatic rings. The fraction of sp³-hybridized carbons (Fsp3) is 0.867. The highest BCUT2D eigenvalue weighted by Crippen LogP contribution is 2.15. The SMILES string of the molecule is CCC(CCNC(=O)N1CCC(N(C)C)C1)CCC(=O)O. The molecule has 0 radical (unpaired) electrons. The average Bonchev–Trinajstić information content (AvgIpc) is 2.92. The summed E-state index contributed by atoms with van der Waals surface area (Å²) in [5.41, 5.74) is 0. The third-order valence-corrected chi connectivity index (χ3v) is 4.35. The highest BCUT2D eigenvalue weighted by atomic mass is 16.4. The Morgan fingerprint density at radius 2 is 2.10 bits per heavy atom. The maximum absolute atomic E-state index is 12.1. The van der Waals surface area contributed by atoms with Gasteiger partial charge in [0, 0.05) is 32.1 Å². The summed E-state index contributed by atoms with van der Waals surface area (Å²) in [5.74, 6) is -0.376. The average molecular weight is 299 g/mol. The molecule has 1 saturated heterocycles. The number of aliphatic carboxylic acids is 1. The Balaban J connectivity index is 2.22. The summed E-state index contributed by atoms with van der Waals surface area (Å²) in [6, 6.07) is 0.460. The Labute approximate surface area is 127 Å². The summed E-state index contributed by atoms with van der Waals surface area (Å²) in [6.07, 6.45) is 3.73. The van der Waals surface area contributed by atoms with Crippen LogP contribution < -0.4 is 5.32 Å². The second-order valence-electron chi connectivity index (χ2n) is 6.08. The topological polar surface area (TPSA) is 72.9 Å². The van der Waals surface area contributed by atoms with E-state index in [9.17, 15) is 9.59 Å². The normalized spacial score (nSPS) is 19.8. The number of hydrogen-bond acceptors (Lipinski definition) is 3. The first-order chi connectivity index (χ1) is 9.93. The van der Waals surface area contributed by atoms with E-state index in [0.29, 0.717) is 24.9 Å². The van der Waals surface area contributed by atoms with Crippen LogP contribution in [-0.2, 0) is 4.79 Å². The number of amides is 2. The number of likely N-dealkylation sites (tertiary alicyclic amines) is 1. The molecule has 6 heteroatoms. The molecule has 2 N–H and O–H groups in total. The minimum Gasteiger partial charge on any atom is -0.481 e. The van der Waals surface area contributed by atoms with Gasteiger partial charge in [-0.3, -0.25) is 4.79 Å². The molecule has 0 aromatic rings. The minimum atomic E-state index is -0.746. The molecular formula is C15H29N3O3. The van der Waals surface area contributed by atoms with Crippen LogP contribution in [0.3, 0.4) is 0 Å². The van der Waals surface area contributed by atoms with Crippen LogP contribution in [0.2, 0.25) is 0 Å². The fourth-order valence-corrected chi connectivity index (χ4v) is 2.72. The molecule has 0 aliphatic carbocycles. The van der Waals surface area contributed by atoms with Crippen molar-refractivity contribution in [2.24, 2.45) is 5.92 Å². The van der Waals surface area contributed by atoms with Gasteiger partial charge in [0.2, 0.25) is 0 Å². The maximum atomic E-state index is 12.1. The first kappa shape index (κ1) is 17.8. The van der Waals surface area contributed by atoms with E-state index in [2.05, 4.69) is 17.1 Å². The summed E-state index contributed by atoms with van der Waals surface area (Å²) in [4.78, 5) is 26.7. The molecule has 122 valence electrons. The van der Waals surface area contributed by atoms with Crippen molar-refractivity contribution in [3.63, 3.8) is 0 Å². The van der Waals surface area contributed by atoms with Gasteiger partial charge in [-0.25, -0.2) is 4.79 Å². The second-order valence-corrected chi connectivity index (χ2v) is 6.08. The van der Waals surface area contributed by atoms with Crippen molar-refractivity contribution in [2.75, 3.05) is 33.7 Å². The number of urea groups is 1. The molecule has 0 bridgehead atoms. The Hall–Kier alpha value is -1.30. The number of nitrogens with zero attached hydrogens (tertiary/aromatic N) is 2. The molecule has 21 heavy (non-hydrogen) atoms. The highest BCUT2D eigenvalue weighted by Gasteiger charge is 2.27. The van der Waals surface area contributed by atoms with Gasteiger partial charge in [0.15, 0.2) is 0 Å². The van der Waals surface area contributed by atoms with E-state index in [1.54, 1.807) is 0 Å². The molecule has 0 spiro atoms. The van der Waals surface area contributed by atoms with Crippen molar-refractivity contribution < 1.29 is 14.7 Å². The lowest BCUT2D eigenvalue weighted by atomic mass is 9.97. The number of hydrogen-bond donors (Lipinski definition) is 2. The molecule has 1 heterocycles. The number of carboxylic acid groups (broad SMARTS) is 1. The van der Waals surface area contributed by atoms with E-state index in [1.807, 2.05) is 19.0 Å². The first-order valence-corrected chi connectivity index (χ1v) is 7.85. The standard InChI is InChI=1S/C15H29N3O3/c1-4-12(5-6-14(19)20)7-9-16-15(21)18-10-8-13(11-18)17(2)3/h12-13H,4-11H2,1-3H3,(H,16,21)(H,19,20). The van der Waals surface area contributed by atoms with Gasteiger partial charge in [-0.2, -0.15) is 0 Å². The van der Waals surface area contributed by atoms with Gasteiger partial charge in [0.25, 0.3) is 0 Å². The van der Waals surface area contributed by atoms with Crippen molar-refractivity contribution >= 4 is 12.0 Å². The number of rotatable bonds is 8. The zero-order chi connectivity index (χ0) is 15.8. The van der Waals surface area contributed by atoms with Crippen LogP contribution >= 0.6 is 0 Å². The van der Waals surface area contributed by atoms with Crippen LogP contribution in [0.5, 0.6) is 0 Å². The number of carbonyl (C=O) groups is 2. The largest absolute Gasteiger partial charge is 0.481 e. The molecule has 1 rings (SSSR count). The quantitative estimate of drug-likeness (QED) is 0.714. The summed E-state index contributed by atoms with van der Waals surface area (Å²) in [5, 5.41) is 11.7. The van der Waals surface area contributed by atoms with Crippen LogP contribution in [-0.4, -0.2) is 66.7 Å². The molecule has 2 amide bonds. The summed E-state index contributed by atoms with van der Waals surface area (Å²) in [6.45, 7) is 4.29. The third-order valence-electron chi connectivity index (χ3n) is 4.35. The van der Waals surface area contributed by atoms with Crippen LogP contribution in [0.1, 0.15) is 39.0 Å². The molecular weight excluding hydrogens is 270 g/mol. The lowest BCUT2D eigenvalue weighted by Gasteiger charge is -2.21. The zero-order valence-corrected chi connectivity index (χ0v) is 13.5. The number of likely N-dealkylation sites (N-methyl/N-ethyl adjacent to an activating group) is 1. The second kappa shape index (κ2) is 8.87. The molecule has 0 aromatic heterocycles. The van der Waals surface area contributed by atoms with Crippen LogP contribution in [0.25, 0.3) is 0 Å². The van der Waals surface area contributed by atoms with Crippen molar-refractivity contribution in [1.82, 2.24) is 15.1 Å². The molecule has 6 nitrogen and oxygen atoms in total. The zero-order valence-electron chi connectivity index (χ0n) is 13.5. The van der Waals surface area contributed by atoms with E-state index in [4.69, 9.17) is 5.11 Å². The van der Waals surface area contributed by atoms with Gasteiger partial charge < -0.3 is 20.2 Å².